The first kappa shape index (κ1) is 13.1. The van der Waals surface area contributed by atoms with Crippen LogP contribution in [0.3, 0.4) is 0 Å². The van der Waals surface area contributed by atoms with E-state index in [2.05, 4.69) is 26.2 Å². The predicted molar refractivity (Wildman–Crippen MR) is 76.0 cm³/mol. The lowest BCUT2D eigenvalue weighted by atomic mass is 10.2. The van der Waals surface area contributed by atoms with E-state index in [0.717, 1.165) is 27.9 Å². The van der Waals surface area contributed by atoms with Crippen molar-refractivity contribution < 1.29 is 4.74 Å². The summed E-state index contributed by atoms with van der Waals surface area (Å²) in [6.07, 6.45) is 1.74. The molecular formula is C14H15BrN2O. The average molecular weight is 307 g/mol. The third kappa shape index (κ3) is 3.09. The number of aromatic nitrogens is 1. The van der Waals surface area contributed by atoms with Crippen molar-refractivity contribution in [3.63, 3.8) is 0 Å². The van der Waals surface area contributed by atoms with Crippen LogP contribution in [-0.4, -0.2) is 12.0 Å². The molecule has 0 unspecified atom stereocenters. The van der Waals surface area contributed by atoms with Gasteiger partial charge in [0.1, 0.15) is 5.75 Å². The number of hydrogen-bond donors (Lipinski definition) is 1. The van der Waals surface area contributed by atoms with Crippen LogP contribution in [0, 0.1) is 6.92 Å². The molecule has 1 heterocycles. The minimum absolute atomic E-state index is 0.646. The molecule has 0 amide bonds. The predicted octanol–water partition coefficient (Wildman–Crippen LogP) is 3.66. The van der Waals surface area contributed by atoms with E-state index in [-0.39, 0.29) is 0 Å². The highest BCUT2D eigenvalue weighted by atomic mass is 79.9. The van der Waals surface area contributed by atoms with Gasteiger partial charge in [-0.3, -0.25) is 0 Å². The molecule has 2 aromatic rings. The van der Waals surface area contributed by atoms with Crippen molar-refractivity contribution in [2.75, 3.05) is 7.05 Å². The largest absolute Gasteiger partial charge is 0.438 e. The summed E-state index contributed by atoms with van der Waals surface area (Å²) in [4.78, 5) is 4.29. The zero-order valence-electron chi connectivity index (χ0n) is 10.4. The topological polar surface area (TPSA) is 34.2 Å². The van der Waals surface area contributed by atoms with Gasteiger partial charge in [0, 0.05) is 22.8 Å². The molecule has 0 aliphatic rings. The molecule has 1 aromatic heterocycles. The SMILES string of the molecule is CNCc1cccnc1Oc1cc(Br)ccc1C. The first-order chi connectivity index (χ1) is 8.70. The zero-order chi connectivity index (χ0) is 13.0. The van der Waals surface area contributed by atoms with Gasteiger partial charge in [0.05, 0.1) is 0 Å². The number of hydrogen-bond acceptors (Lipinski definition) is 3. The number of benzene rings is 1. The lowest BCUT2D eigenvalue weighted by molar-refractivity contribution is 0.451. The Hall–Kier alpha value is -1.39. The maximum Gasteiger partial charge on any atom is 0.223 e. The highest BCUT2D eigenvalue weighted by molar-refractivity contribution is 9.10. The van der Waals surface area contributed by atoms with E-state index in [9.17, 15) is 0 Å². The molecule has 0 atom stereocenters. The maximum atomic E-state index is 5.89. The van der Waals surface area contributed by atoms with Crippen molar-refractivity contribution in [2.45, 2.75) is 13.5 Å². The fourth-order valence-corrected chi connectivity index (χ4v) is 1.97. The number of halogens is 1. The molecule has 0 bridgehead atoms. The van der Waals surface area contributed by atoms with Gasteiger partial charge in [-0.05, 0) is 37.7 Å². The Kier molecular flexibility index (Phi) is 4.33. The minimum Gasteiger partial charge on any atom is -0.438 e. The Morgan fingerprint density at radius 3 is 2.94 bits per heavy atom. The second-order valence-corrected chi connectivity index (χ2v) is 4.93. The van der Waals surface area contributed by atoms with Crippen LogP contribution in [0.2, 0.25) is 0 Å². The molecule has 0 saturated carbocycles. The molecule has 94 valence electrons. The van der Waals surface area contributed by atoms with Crippen LogP contribution in [0.15, 0.2) is 41.0 Å². The molecule has 0 saturated heterocycles. The highest BCUT2D eigenvalue weighted by Crippen LogP contribution is 2.28. The maximum absolute atomic E-state index is 5.89. The molecule has 0 fully saturated rings. The smallest absolute Gasteiger partial charge is 0.223 e. The normalized spacial score (nSPS) is 10.4. The van der Waals surface area contributed by atoms with Gasteiger partial charge >= 0.3 is 0 Å². The number of aryl methyl sites for hydroxylation is 1. The van der Waals surface area contributed by atoms with Gasteiger partial charge in [0.2, 0.25) is 5.88 Å². The van der Waals surface area contributed by atoms with Crippen LogP contribution in [0.4, 0.5) is 0 Å². The summed E-state index contributed by atoms with van der Waals surface area (Å²) in [5, 5.41) is 3.11. The van der Waals surface area contributed by atoms with Crippen LogP contribution in [0.25, 0.3) is 0 Å². The molecule has 18 heavy (non-hydrogen) atoms. The van der Waals surface area contributed by atoms with Crippen molar-refractivity contribution in [3.05, 3.63) is 52.1 Å². The van der Waals surface area contributed by atoms with Crippen molar-refractivity contribution >= 4 is 15.9 Å². The first-order valence-electron chi connectivity index (χ1n) is 5.73. The van der Waals surface area contributed by atoms with Crippen molar-refractivity contribution in [1.82, 2.24) is 10.3 Å². The van der Waals surface area contributed by atoms with Gasteiger partial charge in [-0.25, -0.2) is 4.98 Å². The van der Waals surface area contributed by atoms with E-state index in [1.165, 1.54) is 0 Å². The van der Waals surface area contributed by atoms with E-state index in [4.69, 9.17) is 4.74 Å². The lowest BCUT2D eigenvalue weighted by Crippen LogP contribution is -2.07. The van der Waals surface area contributed by atoms with E-state index in [0.29, 0.717) is 5.88 Å². The second kappa shape index (κ2) is 5.98. The fraction of sp³-hybridized carbons (Fsp3) is 0.214. The third-order valence-corrected chi connectivity index (χ3v) is 3.07. The van der Waals surface area contributed by atoms with Crippen LogP contribution in [0.5, 0.6) is 11.6 Å². The molecule has 2 rings (SSSR count). The summed E-state index contributed by atoms with van der Waals surface area (Å²) in [6.45, 7) is 2.75. The van der Waals surface area contributed by atoms with Crippen molar-refractivity contribution in [1.29, 1.82) is 0 Å². The highest BCUT2D eigenvalue weighted by Gasteiger charge is 2.07. The molecule has 0 spiro atoms. The second-order valence-electron chi connectivity index (χ2n) is 4.01. The van der Waals surface area contributed by atoms with Gasteiger partial charge in [-0.15, -0.1) is 0 Å². The Balaban J connectivity index is 2.30. The Labute approximate surface area is 115 Å². The van der Waals surface area contributed by atoms with E-state index >= 15 is 0 Å². The van der Waals surface area contributed by atoms with Crippen molar-refractivity contribution in [3.8, 4) is 11.6 Å². The summed E-state index contributed by atoms with van der Waals surface area (Å²) >= 11 is 3.45. The number of rotatable bonds is 4. The molecule has 1 aromatic carbocycles. The van der Waals surface area contributed by atoms with Crippen LogP contribution in [-0.2, 0) is 6.54 Å². The van der Waals surface area contributed by atoms with E-state index < -0.39 is 0 Å². The summed E-state index contributed by atoms with van der Waals surface area (Å²) in [5.41, 5.74) is 2.12. The number of pyridine rings is 1. The van der Waals surface area contributed by atoms with Crippen LogP contribution < -0.4 is 10.1 Å². The molecule has 4 heteroatoms. The standard InChI is InChI=1S/C14H15BrN2O/c1-10-5-6-12(15)8-13(10)18-14-11(9-16-2)4-3-7-17-14/h3-8,16H,9H2,1-2H3. The number of nitrogens with zero attached hydrogens (tertiary/aromatic N) is 1. The molecule has 0 aliphatic carbocycles. The van der Waals surface area contributed by atoms with Gasteiger partial charge in [0.15, 0.2) is 0 Å². The summed E-state index contributed by atoms with van der Waals surface area (Å²) in [5.74, 6) is 1.47. The average Bonchev–Trinajstić information content (AvgIpc) is 2.36. The quantitative estimate of drug-likeness (QED) is 0.936. The van der Waals surface area contributed by atoms with E-state index in [1.54, 1.807) is 6.20 Å². The van der Waals surface area contributed by atoms with Crippen molar-refractivity contribution in [2.24, 2.45) is 0 Å². The summed E-state index contributed by atoms with van der Waals surface area (Å²) < 4.78 is 6.89. The monoisotopic (exact) mass is 306 g/mol. The minimum atomic E-state index is 0.646. The summed E-state index contributed by atoms with van der Waals surface area (Å²) in [7, 11) is 1.90. The number of ether oxygens (including phenoxy) is 1. The summed E-state index contributed by atoms with van der Waals surface area (Å²) in [6, 6.07) is 9.88. The van der Waals surface area contributed by atoms with Gasteiger partial charge in [0.25, 0.3) is 0 Å². The first-order valence-corrected chi connectivity index (χ1v) is 6.52. The van der Waals surface area contributed by atoms with Gasteiger partial charge < -0.3 is 10.1 Å². The number of nitrogens with one attached hydrogen (secondary N) is 1. The van der Waals surface area contributed by atoms with Gasteiger partial charge in [-0.2, -0.15) is 0 Å². The fourth-order valence-electron chi connectivity index (χ4n) is 1.63. The molecule has 1 N–H and O–H groups in total. The Bertz CT molecular complexity index is 543. The Morgan fingerprint density at radius 1 is 1.33 bits per heavy atom. The molecular weight excluding hydrogens is 292 g/mol. The zero-order valence-corrected chi connectivity index (χ0v) is 12.0. The molecule has 3 nitrogen and oxygen atoms in total. The third-order valence-electron chi connectivity index (χ3n) is 2.57. The van der Waals surface area contributed by atoms with Gasteiger partial charge in [-0.1, -0.05) is 28.1 Å². The van der Waals surface area contributed by atoms with E-state index in [1.807, 2.05) is 44.3 Å². The van der Waals surface area contributed by atoms with Crippen LogP contribution >= 0.6 is 15.9 Å². The Morgan fingerprint density at radius 2 is 2.17 bits per heavy atom. The van der Waals surface area contributed by atoms with Crippen LogP contribution in [0.1, 0.15) is 11.1 Å². The molecule has 0 aliphatic heterocycles. The molecule has 0 radical (unpaired) electrons. The lowest BCUT2D eigenvalue weighted by Gasteiger charge is -2.11.